The van der Waals surface area contributed by atoms with Crippen molar-refractivity contribution < 1.29 is 30.8 Å². The van der Waals surface area contributed by atoms with Crippen molar-refractivity contribution in [3.05, 3.63) is 84.2 Å². The highest BCUT2D eigenvalue weighted by Gasteiger charge is 2.52. The van der Waals surface area contributed by atoms with Crippen molar-refractivity contribution in [1.29, 1.82) is 0 Å². The third kappa shape index (κ3) is 7.05. The fourth-order valence-corrected chi connectivity index (χ4v) is 7.21. The Hall–Kier alpha value is -3.81. The summed E-state index contributed by atoms with van der Waals surface area (Å²) in [5.41, 5.74) is 0.936. The predicted molar refractivity (Wildman–Crippen MR) is 170 cm³/mol. The summed E-state index contributed by atoms with van der Waals surface area (Å²) in [5.74, 6) is -1.26. The molecule has 1 saturated heterocycles. The van der Waals surface area contributed by atoms with Gasteiger partial charge in [-0.05, 0) is 78.9 Å². The van der Waals surface area contributed by atoms with Crippen LogP contribution in [0.5, 0.6) is 0 Å². The zero-order valence-electron chi connectivity index (χ0n) is 25.4. The normalized spacial score (nSPS) is 17.4. The molecule has 0 spiro atoms. The summed E-state index contributed by atoms with van der Waals surface area (Å²) in [5, 5.41) is 3.06. The first-order chi connectivity index (χ1) is 21.2. The first kappa shape index (κ1) is 32.6. The summed E-state index contributed by atoms with van der Waals surface area (Å²) in [7, 11) is -6.75. The van der Waals surface area contributed by atoms with Crippen LogP contribution in [0.3, 0.4) is 0 Å². The molecule has 2 aliphatic rings. The van der Waals surface area contributed by atoms with Crippen molar-refractivity contribution in [1.82, 2.24) is 14.5 Å². The Balaban J connectivity index is 1.46. The van der Waals surface area contributed by atoms with E-state index in [1.165, 1.54) is 28.6 Å². The molecule has 2 fully saturated rings. The molecule has 1 atom stereocenters. The molecule has 1 saturated carbocycles. The number of nitrogens with one attached hydrogen (secondary N) is 1. The molecule has 0 unspecified atom stereocenters. The summed E-state index contributed by atoms with van der Waals surface area (Å²) < 4.78 is 63.1. The van der Waals surface area contributed by atoms with E-state index < -0.39 is 37.2 Å². The van der Waals surface area contributed by atoms with Crippen molar-refractivity contribution in [3.63, 3.8) is 0 Å². The average Bonchev–Trinajstić information content (AvgIpc) is 3.86. The van der Waals surface area contributed by atoms with Crippen LogP contribution in [0, 0.1) is 5.82 Å². The molecule has 3 aromatic rings. The molecule has 1 aliphatic heterocycles. The number of piperazine rings is 1. The van der Waals surface area contributed by atoms with Gasteiger partial charge in [-0.15, -0.1) is 0 Å². The highest BCUT2D eigenvalue weighted by atomic mass is 32.2. The zero-order valence-corrected chi connectivity index (χ0v) is 27.1. The molecule has 5 rings (SSSR count). The van der Waals surface area contributed by atoms with Gasteiger partial charge in [-0.3, -0.25) is 9.59 Å². The number of hydrogen-bond acceptors (Lipinski definition) is 7. The van der Waals surface area contributed by atoms with E-state index in [0.29, 0.717) is 11.3 Å². The minimum Gasteiger partial charge on any atom is -0.338 e. The Morgan fingerprint density at radius 2 is 1.38 bits per heavy atom. The van der Waals surface area contributed by atoms with Crippen molar-refractivity contribution >= 4 is 37.4 Å². The van der Waals surface area contributed by atoms with Crippen LogP contribution in [0.25, 0.3) is 11.1 Å². The number of hydrogen-bond donors (Lipinski definition) is 1. The lowest BCUT2D eigenvalue weighted by Gasteiger charge is -2.47. The molecule has 240 valence electrons. The number of carbonyl (C=O) groups is 2. The largest absolute Gasteiger partial charge is 0.338 e. The zero-order chi connectivity index (χ0) is 32.6. The quantitative estimate of drug-likeness (QED) is 0.332. The fourth-order valence-electron chi connectivity index (χ4n) is 5.76. The number of halogens is 1. The third-order valence-corrected chi connectivity index (χ3v) is 10.8. The first-order valence-corrected chi connectivity index (χ1v) is 18.5. The molecule has 13 heteroatoms. The maximum atomic E-state index is 14.5. The van der Waals surface area contributed by atoms with Gasteiger partial charge in [-0.25, -0.2) is 21.2 Å². The van der Waals surface area contributed by atoms with Crippen molar-refractivity contribution in [2.24, 2.45) is 0 Å². The fraction of sp³-hybridized carbons (Fsp3) is 0.375. The van der Waals surface area contributed by atoms with Crippen molar-refractivity contribution in [3.8, 4) is 11.1 Å². The minimum absolute atomic E-state index is 0.0609. The van der Waals surface area contributed by atoms with Gasteiger partial charge in [-0.2, -0.15) is 4.31 Å². The van der Waals surface area contributed by atoms with Crippen LogP contribution < -0.4 is 10.2 Å². The molecular formula is C32H37FN4O6S2. The van der Waals surface area contributed by atoms with E-state index >= 15 is 0 Å². The van der Waals surface area contributed by atoms with Crippen LogP contribution in [0.15, 0.2) is 77.7 Å². The average molecular weight is 657 g/mol. The van der Waals surface area contributed by atoms with Gasteiger partial charge in [-0.1, -0.05) is 31.2 Å². The van der Waals surface area contributed by atoms with E-state index in [-0.39, 0.29) is 49.4 Å². The standard InChI is InChI=1S/C32H37FN4O6S2/c1-4-32(31(39)35-19-21-36(22-20-35)45(3,42)43,37(28-15-16-28)27-13-11-26(33)12-14-27)34-30(38)25-7-5-23(6-8-25)24-9-17-29(18-10-24)44(2,40)41/h5-14,17-18,28H,4,15-16,19-22H2,1-3H3,(H,34,38)/t32-/m0/s1. The Morgan fingerprint density at radius 3 is 1.84 bits per heavy atom. The molecule has 0 bridgehead atoms. The van der Waals surface area contributed by atoms with Crippen LogP contribution in [0.1, 0.15) is 36.5 Å². The van der Waals surface area contributed by atoms with Crippen molar-refractivity contribution in [2.75, 3.05) is 43.6 Å². The highest BCUT2D eigenvalue weighted by molar-refractivity contribution is 7.90. The van der Waals surface area contributed by atoms with Gasteiger partial charge in [0.05, 0.1) is 11.2 Å². The smallest absolute Gasteiger partial charge is 0.269 e. The summed E-state index contributed by atoms with van der Waals surface area (Å²) in [6, 6.07) is 19.0. The van der Waals surface area contributed by atoms with Crippen LogP contribution in [0.4, 0.5) is 10.1 Å². The van der Waals surface area contributed by atoms with Gasteiger partial charge in [0.25, 0.3) is 11.8 Å². The number of nitrogens with zero attached hydrogens (tertiary/aromatic N) is 3. The molecule has 0 aromatic heterocycles. The number of sulfone groups is 1. The molecular weight excluding hydrogens is 620 g/mol. The summed E-state index contributed by atoms with van der Waals surface area (Å²) in [6.07, 6.45) is 4.06. The van der Waals surface area contributed by atoms with Crippen LogP contribution in [-0.2, 0) is 24.7 Å². The number of sulfonamides is 1. The second kappa shape index (κ2) is 12.5. The number of anilines is 1. The van der Waals surface area contributed by atoms with Gasteiger partial charge in [0, 0.05) is 49.7 Å². The minimum atomic E-state index is -3.42. The monoisotopic (exact) mass is 656 g/mol. The maximum absolute atomic E-state index is 14.5. The number of benzene rings is 3. The van der Waals surface area contributed by atoms with Gasteiger partial charge >= 0.3 is 0 Å². The molecule has 0 radical (unpaired) electrons. The Kier molecular flexibility index (Phi) is 9.07. The highest BCUT2D eigenvalue weighted by Crippen LogP contribution is 2.39. The van der Waals surface area contributed by atoms with Gasteiger partial charge < -0.3 is 15.1 Å². The lowest BCUT2D eigenvalue weighted by molar-refractivity contribution is -0.139. The first-order valence-electron chi connectivity index (χ1n) is 14.8. The molecule has 10 nitrogen and oxygen atoms in total. The predicted octanol–water partition coefficient (Wildman–Crippen LogP) is 3.51. The van der Waals surface area contributed by atoms with E-state index in [1.807, 2.05) is 11.8 Å². The Bertz CT molecular complexity index is 1770. The lowest BCUT2D eigenvalue weighted by atomic mass is 9.98. The molecule has 1 N–H and O–H groups in total. The number of rotatable bonds is 10. The van der Waals surface area contributed by atoms with Gasteiger partial charge in [0.1, 0.15) is 5.82 Å². The van der Waals surface area contributed by atoms with Crippen molar-refractivity contribution in [2.45, 2.75) is 42.8 Å². The Morgan fingerprint density at radius 1 is 0.844 bits per heavy atom. The van der Waals surface area contributed by atoms with E-state index in [9.17, 15) is 30.8 Å². The molecule has 45 heavy (non-hydrogen) atoms. The van der Waals surface area contributed by atoms with E-state index in [4.69, 9.17) is 0 Å². The summed E-state index contributed by atoms with van der Waals surface area (Å²) >= 11 is 0. The summed E-state index contributed by atoms with van der Waals surface area (Å²) in [4.78, 5) is 32.1. The van der Waals surface area contributed by atoms with Crippen LogP contribution in [0.2, 0.25) is 0 Å². The van der Waals surface area contributed by atoms with Crippen LogP contribution >= 0.6 is 0 Å². The van der Waals surface area contributed by atoms with Gasteiger partial charge in [0.15, 0.2) is 15.5 Å². The molecule has 2 amide bonds. The molecule has 1 heterocycles. The van der Waals surface area contributed by atoms with E-state index in [2.05, 4.69) is 5.32 Å². The SMILES string of the molecule is CC[C@@](NC(=O)c1ccc(-c2ccc(S(C)(=O)=O)cc2)cc1)(C(=O)N1CCN(S(C)(=O)=O)CC1)N(c1ccc(F)cc1)C1CC1. The Labute approximate surface area is 263 Å². The van der Waals surface area contributed by atoms with Gasteiger partial charge in [0.2, 0.25) is 10.0 Å². The molecule has 1 aliphatic carbocycles. The molecule has 3 aromatic carbocycles. The number of carbonyl (C=O) groups excluding carboxylic acids is 2. The van der Waals surface area contributed by atoms with E-state index in [0.717, 1.165) is 36.5 Å². The lowest BCUT2D eigenvalue weighted by Crippen LogP contribution is -2.71. The second-order valence-corrected chi connectivity index (χ2v) is 15.6. The summed E-state index contributed by atoms with van der Waals surface area (Å²) in [6.45, 7) is 2.43. The third-order valence-electron chi connectivity index (χ3n) is 8.37. The second-order valence-electron chi connectivity index (χ2n) is 11.6. The topological polar surface area (TPSA) is 124 Å². The maximum Gasteiger partial charge on any atom is 0.269 e. The van der Waals surface area contributed by atoms with Crippen LogP contribution in [-0.4, -0.2) is 88.3 Å². The number of amides is 2. The van der Waals surface area contributed by atoms with E-state index in [1.54, 1.807) is 53.4 Å².